The summed E-state index contributed by atoms with van der Waals surface area (Å²) in [6.45, 7) is 8.75. The number of hydrogen-bond acceptors (Lipinski definition) is 3. The van der Waals surface area contributed by atoms with Gasteiger partial charge in [0, 0.05) is 31.4 Å². The molecular formula is C14H26N4. The van der Waals surface area contributed by atoms with Crippen molar-refractivity contribution in [3.8, 4) is 0 Å². The molecule has 1 fully saturated rings. The minimum atomic E-state index is 0.594. The quantitative estimate of drug-likeness (QED) is 0.892. The first-order valence-electron chi connectivity index (χ1n) is 7.11. The molecule has 102 valence electrons. The van der Waals surface area contributed by atoms with Gasteiger partial charge in [-0.15, -0.1) is 0 Å². The van der Waals surface area contributed by atoms with Crippen LogP contribution >= 0.6 is 0 Å². The van der Waals surface area contributed by atoms with Crippen molar-refractivity contribution in [1.82, 2.24) is 14.5 Å². The number of hydrogen-bond donors (Lipinski definition) is 1. The number of rotatable bonds is 4. The molecule has 4 heteroatoms. The molecule has 1 aromatic rings. The molecule has 0 amide bonds. The van der Waals surface area contributed by atoms with E-state index >= 15 is 0 Å². The first-order valence-corrected chi connectivity index (χ1v) is 7.11. The minimum Gasteiger partial charge on any atom is -0.356 e. The van der Waals surface area contributed by atoms with Gasteiger partial charge in [-0.1, -0.05) is 6.92 Å². The fraction of sp³-hybridized carbons (Fsp3) is 0.786. The first-order chi connectivity index (χ1) is 8.61. The summed E-state index contributed by atoms with van der Waals surface area (Å²) < 4.78 is 2.36. The first kappa shape index (κ1) is 13.4. The van der Waals surface area contributed by atoms with Crippen molar-refractivity contribution in [3.05, 3.63) is 11.9 Å². The Morgan fingerprint density at radius 2 is 2.28 bits per heavy atom. The van der Waals surface area contributed by atoms with Gasteiger partial charge in [0.25, 0.3) is 0 Å². The van der Waals surface area contributed by atoms with Gasteiger partial charge in [0.15, 0.2) is 0 Å². The van der Waals surface area contributed by atoms with Crippen LogP contribution in [0, 0.1) is 6.92 Å². The van der Waals surface area contributed by atoms with Crippen molar-refractivity contribution in [1.29, 1.82) is 0 Å². The Bertz CT molecular complexity index is 385. The van der Waals surface area contributed by atoms with Crippen LogP contribution in [0.25, 0.3) is 0 Å². The Kier molecular flexibility index (Phi) is 4.27. The monoisotopic (exact) mass is 250 g/mol. The lowest BCUT2D eigenvalue weighted by Crippen LogP contribution is -2.38. The van der Waals surface area contributed by atoms with Crippen molar-refractivity contribution in [3.63, 3.8) is 0 Å². The molecule has 0 aromatic carbocycles. The van der Waals surface area contributed by atoms with Crippen LogP contribution in [0.2, 0.25) is 0 Å². The van der Waals surface area contributed by atoms with Gasteiger partial charge in [-0.25, -0.2) is 4.98 Å². The minimum absolute atomic E-state index is 0.594. The zero-order chi connectivity index (χ0) is 13.1. The van der Waals surface area contributed by atoms with Crippen LogP contribution in [-0.4, -0.2) is 40.6 Å². The molecule has 2 rings (SSSR count). The van der Waals surface area contributed by atoms with E-state index in [0.717, 1.165) is 24.6 Å². The maximum Gasteiger partial charge on any atom is 0.203 e. The Balaban J connectivity index is 2.12. The lowest BCUT2D eigenvalue weighted by Gasteiger charge is -2.36. The molecule has 1 aliphatic rings. The van der Waals surface area contributed by atoms with Gasteiger partial charge in [-0.05, 0) is 40.2 Å². The molecule has 0 saturated carbocycles. The van der Waals surface area contributed by atoms with E-state index < -0.39 is 0 Å². The topological polar surface area (TPSA) is 33.1 Å². The van der Waals surface area contributed by atoms with Gasteiger partial charge in [0.1, 0.15) is 0 Å². The molecule has 0 radical (unpaired) electrons. The zero-order valence-corrected chi connectivity index (χ0v) is 12.1. The van der Waals surface area contributed by atoms with Gasteiger partial charge >= 0.3 is 0 Å². The van der Waals surface area contributed by atoms with Gasteiger partial charge < -0.3 is 14.8 Å². The van der Waals surface area contributed by atoms with Crippen LogP contribution in [0.15, 0.2) is 6.20 Å². The van der Waals surface area contributed by atoms with Crippen molar-refractivity contribution in [2.75, 3.05) is 25.5 Å². The Labute approximate surface area is 110 Å². The second kappa shape index (κ2) is 5.74. The molecule has 2 atom stereocenters. The van der Waals surface area contributed by atoms with Gasteiger partial charge in [0.2, 0.25) is 5.95 Å². The second-order valence-electron chi connectivity index (χ2n) is 5.55. The number of piperidine rings is 1. The molecule has 1 aromatic heterocycles. The number of anilines is 1. The summed E-state index contributed by atoms with van der Waals surface area (Å²) in [7, 11) is 2.22. The number of imidazole rings is 1. The third kappa shape index (κ3) is 2.86. The Morgan fingerprint density at radius 1 is 1.50 bits per heavy atom. The van der Waals surface area contributed by atoms with E-state index in [1.807, 2.05) is 0 Å². The zero-order valence-electron chi connectivity index (χ0n) is 12.1. The molecule has 0 spiro atoms. The van der Waals surface area contributed by atoms with Crippen LogP contribution in [0.1, 0.15) is 44.8 Å². The van der Waals surface area contributed by atoms with Gasteiger partial charge in [-0.3, -0.25) is 0 Å². The fourth-order valence-corrected chi connectivity index (χ4v) is 2.68. The second-order valence-corrected chi connectivity index (χ2v) is 5.55. The SMILES string of the molecule is CCCNc1nc(C)cn1C1CCN(C)C(C)C1. The van der Waals surface area contributed by atoms with Gasteiger partial charge in [-0.2, -0.15) is 0 Å². The summed E-state index contributed by atoms with van der Waals surface area (Å²) in [6.07, 6.45) is 5.76. The molecule has 0 aliphatic carbocycles. The average molecular weight is 250 g/mol. The number of nitrogens with zero attached hydrogens (tertiary/aromatic N) is 3. The standard InChI is InChI=1S/C14H26N4/c1-5-7-15-14-16-11(2)10-18(14)13-6-8-17(4)12(3)9-13/h10,12-13H,5-9H2,1-4H3,(H,15,16). The van der Waals surface area contributed by atoms with Crippen LogP contribution in [0.4, 0.5) is 5.95 Å². The normalized spacial score (nSPS) is 25.3. The van der Waals surface area contributed by atoms with E-state index in [0.29, 0.717) is 12.1 Å². The van der Waals surface area contributed by atoms with E-state index in [9.17, 15) is 0 Å². The number of likely N-dealkylation sites (tertiary alicyclic amines) is 1. The van der Waals surface area contributed by atoms with Crippen LogP contribution in [-0.2, 0) is 0 Å². The van der Waals surface area contributed by atoms with Crippen molar-refractivity contribution in [2.24, 2.45) is 0 Å². The summed E-state index contributed by atoms with van der Waals surface area (Å²) in [5, 5.41) is 3.45. The van der Waals surface area contributed by atoms with Gasteiger partial charge in [0.05, 0.1) is 5.69 Å². The van der Waals surface area contributed by atoms with Crippen LogP contribution < -0.4 is 5.32 Å². The number of aromatic nitrogens is 2. The largest absolute Gasteiger partial charge is 0.356 e. The number of aryl methyl sites for hydroxylation is 1. The smallest absolute Gasteiger partial charge is 0.203 e. The summed E-state index contributed by atoms with van der Waals surface area (Å²) in [5.74, 6) is 1.05. The molecular weight excluding hydrogens is 224 g/mol. The lowest BCUT2D eigenvalue weighted by atomic mass is 9.99. The third-order valence-corrected chi connectivity index (χ3v) is 3.96. The molecule has 1 aliphatic heterocycles. The highest BCUT2D eigenvalue weighted by Gasteiger charge is 2.25. The molecule has 1 saturated heterocycles. The van der Waals surface area contributed by atoms with Crippen molar-refractivity contribution >= 4 is 5.95 Å². The lowest BCUT2D eigenvalue weighted by molar-refractivity contribution is 0.157. The van der Waals surface area contributed by atoms with Crippen LogP contribution in [0.3, 0.4) is 0 Å². The molecule has 1 N–H and O–H groups in total. The highest BCUT2D eigenvalue weighted by atomic mass is 15.2. The number of nitrogens with one attached hydrogen (secondary N) is 1. The van der Waals surface area contributed by atoms with Crippen molar-refractivity contribution < 1.29 is 0 Å². The molecule has 18 heavy (non-hydrogen) atoms. The third-order valence-electron chi connectivity index (χ3n) is 3.96. The average Bonchev–Trinajstić information content (AvgIpc) is 2.71. The molecule has 0 bridgehead atoms. The summed E-state index contributed by atoms with van der Waals surface area (Å²) in [6, 6.07) is 1.25. The van der Waals surface area contributed by atoms with E-state index in [1.165, 1.54) is 19.4 Å². The highest BCUT2D eigenvalue weighted by Crippen LogP contribution is 2.29. The summed E-state index contributed by atoms with van der Waals surface area (Å²) in [4.78, 5) is 7.05. The van der Waals surface area contributed by atoms with Crippen LogP contribution in [0.5, 0.6) is 0 Å². The van der Waals surface area contributed by atoms with E-state index in [-0.39, 0.29) is 0 Å². The Morgan fingerprint density at radius 3 is 2.94 bits per heavy atom. The molecule has 2 heterocycles. The molecule has 4 nitrogen and oxygen atoms in total. The highest BCUT2D eigenvalue weighted by molar-refractivity contribution is 5.29. The maximum absolute atomic E-state index is 4.61. The summed E-state index contributed by atoms with van der Waals surface area (Å²) in [5.41, 5.74) is 1.11. The van der Waals surface area contributed by atoms with E-state index in [4.69, 9.17) is 0 Å². The Hall–Kier alpha value is -1.03. The maximum atomic E-state index is 4.61. The van der Waals surface area contributed by atoms with E-state index in [2.05, 4.69) is 53.8 Å². The predicted octanol–water partition coefficient (Wildman–Crippen LogP) is 2.67. The van der Waals surface area contributed by atoms with E-state index in [1.54, 1.807) is 0 Å². The van der Waals surface area contributed by atoms with Crippen molar-refractivity contribution in [2.45, 2.75) is 52.1 Å². The fourth-order valence-electron chi connectivity index (χ4n) is 2.68. The molecule has 2 unspecified atom stereocenters. The summed E-state index contributed by atoms with van der Waals surface area (Å²) >= 11 is 0. The predicted molar refractivity (Wildman–Crippen MR) is 76.1 cm³/mol.